The van der Waals surface area contributed by atoms with Crippen LogP contribution in [0.3, 0.4) is 0 Å². The fourth-order valence-electron chi connectivity index (χ4n) is 2.81. The van der Waals surface area contributed by atoms with Crippen LogP contribution >= 0.6 is 37.2 Å². The van der Waals surface area contributed by atoms with Crippen molar-refractivity contribution in [1.82, 2.24) is 15.1 Å². The number of carbonyl (C=O) groups excluding carboxylic acids is 1. The van der Waals surface area contributed by atoms with E-state index in [1.807, 2.05) is 19.1 Å². The molecule has 146 valence electrons. The molecule has 0 bridgehead atoms. The number of rotatable bonds is 6. The highest BCUT2D eigenvalue weighted by atomic mass is 35.5. The maximum atomic E-state index is 12.2. The Kier molecular flexibility index (Phi) is 14.3. The summed E-state index contributed by atoms with van der Waals surface area (Å²) in [6.45, 7) is 11.6. The average molecular weight is 414 g/mol. The van der Waals surface area contributed by atoms with Crippen LogP contribution in [-0.2, 0) is 0 Å². The lowest BCUT2D eigenvalue weighted by Crippen LogP contribution is -2.46. The van der Waals surface area contributed by atoms with Gasteiger partial charge < -0.3 is 20.9 Å². The number of nitrogen functional groups attached to an aromatic ring is 1. The van der Waals surface area contributed by atoms with Crippen LogP contribution in [0.4, 0.5) is 5.69 Å². The van der Waals surface area contributed by atoms with E-state index in [0.717, 1.165) is 51.3 Å². The first-order valence-corrected chi connectivity index (χ1v) is 8.19. The van der Waals surface area contributed by atoms with Gasteiger partial charge in [-0.15, -0.1) is 37.2 Å². The van der Waals surface area contributed by atoms with Crippen molar-refractivity contribution in [1.29, 1.82) is 0 Å². The first-order valence-electron chi connectivity index (χ1n) is 8.19. The first kappa shape index (κ1) is 26.5. The monoisotopic (exact) mass is 412 g/mol. The van der Waals surface area contributed by atoms with E-state index in [1.54, 1.807) is 6.07 Å². The number of carbonyl (C=O) groups is 1. The number of aryl methyl sites for hydroxylation is 1. The van der Waals surface area contributed by atoms with Crippen molar-refractivity contribution < 1.29 is 4.79 Å². The minimum Gasteiger partial charge on any atom is -0.399 e. The Bertz CT molecular complexity index is 509. The molecular weight excluding hydrogens is 383 g/mol. The summed E-state index contributed by atoms with van der Waals surface area (Å²) in [5.74, 6) is -0.0272. The molecule has 0 aliphatic carbocycles. The Balaban J connectivity index is 0. The van der Waals surface area contributed by atoms with Gasteiger partial charge in [0.1, 0.15) is 0 Å². The Labute approximate surface area is 169 Å². The third-order valence-corrected chi connectivity index (χ3v) is 4.36. The second kappa shape index (κ2) is 13.5. The van der Waals surface area contributed by atoms with Crippen molar-refractivity contribution in [2.24, 2.45) is 0 Å². The molecular formula is C17H31Cl3N4O. The number of nitrogens with two attached hydrogens (primary N) is 1. The minimum absolute atomic E-state index is 0. The summed E-state index contributed by atoms with van der Waals surface area (Å²) in [5, 5.41) is 2.99. The normalized spacial score (nSPS) is 14.6. The molecule has 25 heavy (non-hydrogen) atoms. The zero-order valence-electron chi connectivity index (χ0n) is 15.0. The fraction of sp³-hybridized carbons (Fsp3) is 0.588. The maximum Gasteiger partial charge on any atom is 0.251 e. The van der Waals surface area contributed by atoms with Gasteiger partial charge in [-0.25, -0.2) is 0 Å². The molecule has 1 heterocycles. The van der Waals surface area contributed by atoms with Crippen LogP contribution in [0.25, 0.3) is 0 Å². The van der Waals surface area contributed by atoms with Gasteiger partial charge in [-0.1, -0.05) is 13.0 Å². The van der Waals surface area contributed by atoms with Gasteiger partial charge in [-0.05, 0) is 44.1 Å². The van der Waals surface area contributed by atoms with Gasteiger partial charge in [0.2, 0.25) is 0 Å². The lowest BCUT2D eigenvalue weighted by molar-refractivity contribution is 0.0947. The van der Waals surface area contributed by atoms with Crippen LogP contribution in [-0.4, -0.2) is 61.5 Å². The molecule has 1 aliphatic rings. The summed E-state index contributed by atoms with van der Waals surface area (Å²) in [4.78, 5) is 17.1. The highest BCUT2D eigenvalue weighted by Crippen LogP contribution is 2.12. The number of benzene rings is 1. The van der Waals surface area contributed by atoms with E-state index < -0.39 is 0 Å². The van der Waals surface area contributed by atoms with Crippen LogP contribution in [0.15, 0.2) is 18.2 Å². The van der Waals surface area contributed by atoms with E-state index in [0.29, 0.717) is 17.8 Å². The fourth-order valence-corrected chi connectivity index (χ4v) is 2.81. The number of anilines is 1. The molecule has 2 rings (SSSR count). The second-order valence-electron chi connectivity index (χ2n) is 5.96. The average Bonchev–Trinajstić information content (AvgIpc) is 2.54. The third-order valence-electron chi connectivity index (χ3n) is 4.36. The van der Waals surface area contributed by atoms with Gasteiger partial charge in [-0.2, -0.15) is 0 Å². The Hall–Kier alpha value is -0.720. The summed E-state index contributed by atoms with van der Waals surface area (Å²) in [6.07, 6.45) is 0.985. The predicted octanol–water partition coefficient (Wildman–Crippen LogP) is 2.60. The van der Waals surface area contributed by atoms with Crippen LogP contribution in [0.5, 0.6) is 0 Å². The summed E-state index contributed by atoms with van der Waals surface area (Å²) < 4.78 is 0. The molecule has 0 spiro atoms. The number of nitrogens with one attached hydrogen (secondary N) is 1. The van der Waals surface area contributed by atoms with Gasteiger partial charge in [-0.3, -0.25) is 4.79 Å². The van der Waals surface area contributed by atoms with Gasteiger partial charge in [0.25, 0.3) is 5.91 Å². The van der Waals surface area contributed by atoms with Crippen LogP contribution in [0.1, 0.15) is 29.3 Å². The number of nitrogens with zero attached hydrogens (tertiary/aromatic N) is 2. The van der Waals surface area contributed by atoms with Crippen molar-refractivity contribution in [2.75, 3.05) is 51.5 Å². The molecule has 1 amide bonds. The van der Waals surface area contributed by atoms with Gasteiger partial charge >= 0.3 is 0 Å². The standard InChI is InChI=1S/C17H28N4O.3ClH/c1-3-20-9-11-21(12-10-20)8-4-7-19-17(22)16-13-15(18)6-5-14(16)2;;;/h5-6,13H,3-4,7-12,18H2,1-2H3,(H,19,22);3*1H. The molecule has 0 aromatic heterocycles. The van der Waals surface area contributed by atoms with E-state index >= 15 is 0 Å². The molecule has 1 aromatic rings. The smallest absolute Gasteiger partial charge is 0.251 e. The van der Waals surface area contributed by atoms with Gasteiger partial charge in [0.05, 0.1) is 0 Å². The zero-order valence-corrected chi connectivity index (χ0v) is 17.4. The molecule has 1 aromatic carbocycles. The summed E-state index contributed by atoms with van der Waals surface area (Å²) in [7, 11) is 0. The first-order chi connectivity index (χ1) is 10.6. The molecule has 1 aliphatic heterocycles. The summed E-state index contributed by atoms with van der Waals surface area (Å²) in [6, 6.07) is 5.45. The number of likely N-dealkylation sites (N-methyl/N-ethyl adjacent to an activating group) is 1. The summed E-state index contributed by atoms with van der Waals surface area (Å²) >= 11 is 0. The molecule has 3 N–H and O–H groups in total. The number of hydrogen-bond acceptors (Lipinski definition) is 4. The number of piperazine rings is 1. The molecule has 1 saturated heterocycles. The lowest BCUT2D eigenvalue weighted by Gasteiger charge is -2.33. The van der Waals surface area contributed by atoms with E-state index in [1.165, 1.54) is 0 Å². The van der Waals surface area contributed by atoms with Crippen molar-refractivity contribution >= 4 is 48.8 Å². The van der Waals surface area contributed by atoms with Crippen LogP contribution < -0.4 is 11.1 Å². The van der Waals surface area contributed by atoms with Crippen molar-refractivity contribution in [3.05, 3.63) is 29.3 Å². The third kappa shape index (κ3) is 8.47. The molecule has 0 unspecified atom stereocenters. The van der Waals surface area contributed by atoms with E-state index in [9.17, 15) is 4.79 Å². The Morgan fingerprint density at radius 3 is 2.32 bits per heavy atom. The molecule has 5 nitrogen and oxygen atoms in total. The van der Waals surface area contributed by atoms with Gasteiger partial charge in [0, 0.05) is 44.0 Å². The van der Waals surface area contributed by atoms with Crippen LogP contribution in [0, 0.1) is 6.92 Å². The SMILES string of the molecule is CCN1CCN(CCCNC(=O)c2cc(N)ccc2C)CC1.Cl.Cl.Cl. The topological polar surface area (TPSA) is 61.6 Å². The van der Waals surface area contributed by atoms with E-state index in [2.05, 4.69) is 22.0 Å². The largest absolute Gasteiger partial charge is 0.399 e. The number of amides is 1. The second-order valence-corrected chi connectivity index (χ2v) is 5.96. The molecule has 8 heteroatoms. The lowest BCUT2D eigenvalue weighted by atomic mass is 10.1. The maximum absolute atomic E-state index is 12.2. The minimum atomic E-state index is -0.0272. The predicted molar refractivity (Wildman–Crippen MR) is 113 cm³/mol. The van der Waals surface area contributed by atoms with E-state index in [-0.39, 0.29) is 43.1 Å². The molecule has 0 saturated carbocycles. The van der Waals surface area contributed by atoms with Crippen LogP contribution in [0.2, 0.25) is 0 Å². The highest BCUT2D eigenvalue weighted by molar-refractivity contribution is 5.96. The molecule has 0 atom stereocenters. The van der Waals surface area contributed by atoms with E-state index in [4.69, 9.17) is 5.73 Å². The Morgan fingerprint density at radius 2 is 1.72 bits per heavy atom. The molecule has 0 radical (unpaired) electrons. The number of hydrogen-bond donors (Lipinski definition) is 2. The highest BCUT2D eigenvalue weighted by Gasteiger charge is 2.15. The zero-order chi connectivity index (χ0) is 15.9. The number of halogens is 3. The van der Waals surface area contributed by atoms with Gasteiger partial charge in [0.15, 0.2) is 0 Å². The summed E-state index contributed by atoms with van der Waals surface area (Å²) in [5.41, 5.74) is 8.02. The quantitative estimate of drug-likeness (QED) is 0.556. The van der Waals surface area contributed by atoms with Crippen molar-refractivity contribution in [3.63, 3.8) is 0 Å². The van der Waals surface area contributed by atoms with Crippen molar-refractivity contribution in [2.45, 2.75) is 20.3 Å². The Morgan fingerprint density at radius 1 is 1.12 bits per heavy atom. The van der Waals surface area contributed by atoms with Crippen molar-refractivity contribution in [3.8, 4) is 0 Å². The molecule has 1 fully saturated rings.